The monoisotopic (exact) mass is 271 g/mol. The van der Waals surface area contributed by atoms with Crippen molar-refractivity contribution in [1.29, 1.82) is 0 Å². The molecule has 0 aliphatic carbocycles. The van der Waals surface area contributed by atoms with Crippen LogP contribution in [0.15, 0.2) is 6.20 Å². The number of carbonyl (C=O) groups is 2. The van der Waals surface area contributed by atoms with Gasteiger partial charge in [0.2, 0.25) is 0 Å². The van der Waals surface area contributed by atoms with Crippen LogP contribution in [0.2, 0.25) is 0 Å². The average molecular weight is 271 g/mol. The van der Waals surface area contributed by atoms with Crippen molar-refractivity contribution in [2.45, 2.75) is 19.5 Å². The van der Waals surface area contributed by atoms with Crippen molar-refractivity contribution in [2.75, 3.05) is 20.2 Å². The van der Waals surface area contributed by atoms with Crippen molar-refractivity contribution < 1.29 is 19.8 Å². The van der Waals surface area contributed by atoms with E-state index in [-0.39, 0.29) is 30.9 Å². The van der Waals surface area contributed by atoms with Crippen LogP contribution in [0.4, 0.5) is 4.79 Å². The number of aromatic nitrogens is 3. The molecule has 0 aliphatic heterocycles. The Bertz CT molecular complexity index is 447. The first kappa shape index (κ1) is 14.9. The summed E-state index contributed by atoms with van der Waals surface area (Å²) in [4.78, 5) is 23.6. The molecule has 0 saturated heterocycles. The molecule has 0 fully saturated rings. The molecule has 0 aromatic carbocycles. The van der Waals surface area contributed by atoms with Crippen LogP contribution >= 0.6 is 0 Å². The summed E-state index contributed by atoms with van der Waals surface area (Å²) in [6, 6.07) is -0.592. The second-order valence-electron chi connectivity index (χ2n) is 4.05. The first-order valence-corrected chi connectivity index (χ1v) is 5.70. The van der Waals surface area contributed by atoms with Gasteiger partial charge in [-0.1, -0.05) is 5.21 Å². The van der Waals surface area contributed by atoms with Crippen LogP contribution in [0.25, 0.3) is 0 Å². The summed E-state index contributed by atoms with van der Waals surface area (Å²) in [7, 11) is 1.58. The van der Waals surface area contributed by atoms with E-state index >= 15 is 0 Å². The zero-order valence-corrected chi connectivity index (χ0v) is 10.8. The number of amides is 2. The van der Waals surface area contributed by atoms with Gasteiger partial charge in [0, 0.05) is 13.6 Å². The van der Waals surface area contributed by atoms with Gasteiger partial charge in [0.25, 0.3) is 0 Å². The van der Waals surface area contributed by atoms with E-state index in [0.29, 0.717) is 6.54 Å². The third kappa shape index (κ3) is 4.21. The van der Waals surface area contributed by atoms with Gasteiger partial charge in [-0.25, -0.2) is 14.3 Å². The van der Waals surface area contributed by atoms with Crippen molar-refractivity contribution in [3.8, 4) is 0 Å². The maximum Gasteiger partial charge on any atom is 0.358 e. The topological polar surface area (TPSA) is 121 Å². The molecule has 9 nitrogen and oxygen atoms in total. The van der Waals surface area contributed by atoms with Crippen LogP contribution < -0.4 is 5.32 Å². The summed E-state index contributed by atoms with van der Waals surface area (Å²) >= 11 is 0. The number of nitrogens with zero attached hydrogens (tertiary/aromatic N) is 4. The second kappa shape index (κ2) is 6.69. The van der Waals surface area contributed by atoms with Crippen molar-refractivity contribution in [1.82, 2.24) is 25.2 Å². The lowest BCUT2D eigenvalue weighted by Gasteiger charge is -2.23. The van der Waals surface area contributed by atoms with E-state index in [9.17, 15) is 9.59 Å². The molecular formula is C10H17N5O4. The van der Waals surface area contributed by atoms with E-state index in [1.165, 1.54) is 15.8 Å². The number of likely N-dealkylation sites (N-methyl/N-ethyl adjacent to an activating group) is 1. The Morgan fingerprint density at radius 2 is 2.26 bits per heavy atom. The van der Waals surface area contributed by atoms with Crippen LogP contribution in [0.3, 0.4) is 0 Å². The number of hydrogen-bond acceptors (Lipinski definition) is 5. The highest BCUT2D eigenvalue weighted by molar-refractivity contribution is 5.84. The largest absolute Gasteiger partial charge is 0.476 e. The number of hydrogen-bond donors (Lipinski definition) is 3. The number of urea groups is 1. The fraction of sp³-hybridized carbons (Fsp3) is 0.600. The van der Waals surface area contributed by atoms with Crippen LogP contribution in [-0.2, 0) is 6.54 Å². The fourth-order valence-corrected chi connectivity index (χ4v) is 1.23. The number of carboxylic acid groups (broad SMARTS) is 1. The Kier molecular flexibility index (Phi) is 5.24. The highest BCUT2D eigenvalue weighted by Crippen LogP contribution is 1.95. The van der Waals surface area contributed by atoms with E-state index in [2.05, 4.69) is 15.6 Å². The van der Waals surface area contributed by atoms with Crippen LogP contribution in [-0.4, -0.2) is 68.3 Å². The van der Waals surface area contributed by atoms with Gasteiger partial charge in [0.05, 0.1) is 25.4 Å². The molecule has 19 heavy (non-hydrogen) atoms. The van der Waals surface area contributed by atoms with E-state index in [1.54, 1.807) is 14.0 Å². The molecule has 1 heterocycles. The predicted octanol–water partition coefficient (Wildman–Crippen LogP) is -1.00. The maximum atomic E-state index is 11.6. The maximum absolute atomic E-state index is 11.6. The van der Waals surface area contributed by atoms with Crippen molar-refractivity contribution >= 4 is 12.0 Å². The molecule has 1 atom stereocenters. The Balaban J connectivity index is 2.37. The zero-order chi connectivity index (χ0) is 14.4. The normalized spacial score (nSPS) is 11.9. The molecule has 0 aliphatic rings. The summed E-state index contributed by atoms with van der Waals surface area (Å²) < 4.78 is 1.33. The van der Waals surface area contributed by atoms with Gasteiger partial charge in [0.1, 0.15) is 0 Å². The highest BCUT2D eigenvalue weighted by Gasteiger charge is 2.14. The Labute approximate surface area is 109 Å². The smallest absolute Gasteiger partial charge is 0.358 e. The molecule has 1 aromatic rings. The molecule has 0 radical (unpaired) electrons. The van der Waals surface area contributed by atoms with Crippen molar-refractivity contribution in [3.63, 3.8) is 0 Å². The van der Waals surface area contributed by atoms with E-state index in [0.717, 1.165) is 0 Å². The standard InChI is InChI=1S/C10H17N5O4/c1-7(6-16)14(2)10(19)11-3-4-15-5-8(9(17)18)12-13-15/h5,7,16H,3-4,6H2,1-2H3,(H,11,19)(H,17,18). The predicted molar refractivity (Wildman–Crippen MR) is 64.7 cm³/mol. The zero-order valence-electron chi connectivity index (χ0n) is 10.8. The first-order valence-electron chi connectivity index (χ1n) is 5.70. The van der Waals surface area contributed by atoms with Gasteiger partial charge in [-0.2, -0.15) is 0 Å². The fourth-order valence-electron chi connectivity index (χ4n) is 1.23. The Morgan fingerprint density at radius 3 is 2.79 bits per heavy atom. The van der Waals surface area contributed by atoms with Crippen molar-refractivity contribution in [2.24, 2.45) is 0 Å². The van der Waals surface area contributed by atoms with E-state index < -0.39 is 5.97 Å². The van der Waals surface area contributed by atoms with Crippen LogP contribution in [0, 0.1) is 0 Å². The van der Waals surface area contributed by atoms with Gasteiger partial charge < -0.3 is 20.4 Å². The lowest BCUT2D eigenvalue weighted by molar-refractivity contribution is 0.0690. The summed E-state index contributed by atoms with van der Waals surface area (Å²) in [6.07, 6.45) is 1.29. The number of aliphatic hydroxyl groups excluding tert-OH is 1. The van der Waals surface area contributed by atoms with Gasteiger partial charge in [-0.3, -0.25) is 0 Å². The molecule has 106 valence electrons. The molecule has 1 unspecified atom stereocenters. The minimum atomic E-state index is -1.15. The lowest BCUT2D eigenvalue weighted by Crippen LogP contribution is -2.44. The molecule has 2 amide bonds. The molecule has 0 spiro atoms. The average Bonchev–Trinajstić information content (AvgIpc) is 2.85. The quantitative estimate of drug-likeness (QED) is 0.610. The third-order valence-corrected chi connectivity index (χ3v) is 2.62. The lowest BCUT2D eigenvalue weighted by atomic mass is 10.3. The molecule has 0 bridgehead atoms. The molecular weight excluding hydrogens is 254 g/mol. The van der Waals surface area contributed by atoms with Gasteiger partial charge >= 0.3 is 12.0 Å². The minimum absolute atomic E-state index is 0.116. The van der Waals surface area contributed by atoms with E-state index in [4.69, 9.17) is 10.2 Å². The summed E-state index contributed by atoms with van der Waals surface area (Å²) in [5.74, 6) is -1.15. The van der Waals surface area contributed by atoms with Crippen LogP contribution in [0.1, 0.15) is 17.4 Å². The highest BCUT2D eigenvalue weighted by atomic mass is 16.4. The third-order valence-electron chi connectivity index (χ3n) is 2.62. The molecule has 1 rings (SSSR count). The van der Waals surface area contributed by atoms with Gasteiger partial charge in [-0.05, 0) is 6.92 Å². The number of aliphatic hydroxyl groups is 1. The number of rotatable bonds is 6. The molecule has 0 saturated carbocycles. The molecule has 9 heteroatoms. The minimum Gasteiger partial charge on any atom is -0.476 e. The summed E-state index contributed by atoms with van der Waals surface area (Å²) in [5, 5.41) is 27.3. The number of nitrogens with one attached hydrogen (secondary N) is 1. The first-order chi connectivity index (χ1) is 8.95. The van der Waals surface area contributed by atoms with Crippen molar-refractivity contribution in [3.05, 3.63) is 11.9 Å². The Morgan fingerprint density at radius 1 is 1.58 bits per heavy atom. The van der Waals surface area contributed by atoms with Gasteiger partial charge in [0.15, 0.2) is 5.69 Å². The SMILES string of the molecule is CC(CO)N(C)C(=O)NCCn1cc(C(=O)O)nn1. The number of aromatic carboxylic acids is 1. The second-order valence-corrected chi connectivity index (χ2v) is 4.05. The summed E-state index contributed by atoms with van der Waals surface area (Å²) in [6.45, 7) is 2.20. The van der Waals surface area contributed by atoms with E-state index in [1.807, 2.05) is 0 Å². The molecule has 1 aromatic heterocycles. The summed E-state index contributed by atoms with van der Waals surface area (Å²) in [5.41, 5.74) is -0.141. The van der Waals surface area contributed by atoms with Gasteiger partial charge in [-0.15, -0.1) is 5.10 Å². The molecule has 3 N–H and O–H groups in total. The number of carbonyl (C=O) groups excluding carboxylic acids is 1. The van der Waals surface area contributed by atoms with Crippen LogP contribution in [0.5, 0.6) is 0 Å². The Hall–Kier alpha value is -2.16. The number of carboxylic acids is 1.